The Kier molecular flexibility index (Phi) is 6.74. The van der Waals surface area contributed by atoms with Gasteiger partial charge in [-0.05, 0) is 30.2 Å². The summed E-state index contributed by atoms with van der Waals surface area (Å²) in [5, 5.41) is 7.84. The predicted octanol–water partition coefficient (Wildman–Crippen LogP) is 2.74. The van der Waals surface area contributed by atoms with E-state index in [1.165, 1.54) is 0 Å². The van der Waals surface area contributed by atoms with Crippen LogP contribution in [-0.2, 0) is 14.3 Å². The van der Waals surface area contributed by atoms with Gasteiger partial charge in [-0.2, -0.15) is 0 Å². The SMILES string of the molecule is CC(C)[C@H](NC(=O)Nc1ccccc1)C(=O)OCC(=O)Nc1ccc2c(c1)OCO2. The highest BCUT2D eigenvalue weighted by Crippen LogP contribution is 2.34. The van der Waals surface area contributed by atoms with Gasteiger partial charge in [-0.15, -0.1) is 0 Å². The number of amides is 3. The zero-order valence-electron chi connectivity index (χ0n) is 16.6. The van der Waals surface area contributed by atoms with E-state index in [1.807, 2.05) is 6.07 Å². The minimum absolute atomic E-state index is 0.131. The van der Waals surface area contributed by atoms with Crippen LogP contribution >= 0.6 is 0 Å². The molecule has 3 rings (SSSR count). The van der Waals surface area contributed by atoms with Gasteiger partial charge in [-0.1, -0.05) is 32.0 Å². The van der Waals surface area contributed by atoms with Crippen molar-refractivity contribution in [1.29, 1.82) is 0 Å². The molecule has 0 fully saturated rings. The summed E-state index contributed by atoms with van der Waals surface area (Å²) >= 11 is 0. The number of anilines is 2. The second kappa shape index (κ2) is 9.64. The number of benzene rings is 2. The van der Waals surface area contributed by atoms with Gasteiger partial charge < -0.3 is 30.2 Å². The van der Waals surface area contributed by atoms with Crippen molar-refractivity contribution in [2.45, 2.75) is 19.9 Å². The van der Waals surface area contributed by atoms with Crippen LogP contribution in [0.3, 0.4) is 0 Å². The Balaban J connectivity index is 1.49. The molecule has 1 atom stereocenters. The van der Waals surface area contributed by atoms with E-state index in [4.69, 9.17) is 14.2 Å². The lowest BCUT2D eigenvalue weighted by Crippen LogP contribution is -2.47. The van der Waals surface area contributed by atoms with Crippen LogP contribution in [0.1, 0.15) is 13.8 Å². The smallest absolute Gasteiger partial charge is 0.329 e. The molecule has 1 aliphatic rings. The number of hydrogen-bond acceptors (Lipinski definition) is 6. The average Bonchev–Trinajstić information content (AvgIpc) is 3.18. The molecular formula is C21H23N3O6. The van der Waals surface area contributed by atoms with Crippen molar-refractivity contribution in [2.24, 2.45) is 5.92 Å². The number of hydrogen-bond donors (Lipinski definition) is 3. The molecule has 0 saturated heterocycles. The zero-order chi connectivity index (χ0) is 21.5. The van der Waals surface area contributed by atoms with Gasteiger partial charge in [-0.3, -0.25) is 4.79 Å². The average molecular weight is 413 g/mol. The second-order valence-electron chi connectivity index (χ2n) is 6.91. The van der Waals surface area contributed by atoms with E-state index >= 15 is 0 Å². The fourth-order valence-corrected chi connectivity index (χ4v) is 2.73. The first-order chi connectivity index (χ1) is 14.4. The molecule has 9 heteroatoms. The largest absolute Gasteiger partial charge is 0.454 e. The number of esters is 1. The number of fused-ring (bicyclic) bond motifs is 1. The van der Waals surface area contributed by atoms with Crippen molar-refractivity contribution in [3.05, 3.63) is 48.5 Å². The Morgan fingerprint density at radius 2 is 1.70 bits per heavy atom. The van der Waals surface area contributed by atoms with Gasteiger partial charge in [0, 0.05) is 17.4 Å². The summed E-state index contributed by atoms with van der Waals surface area (Å²) in [5.74, 6) is -0.333. The molecule has 0 saturated carbocycles. The minimum Gasteiger partial charge on any atom is -0.454 e. The fraction of sp³-hybridized carbons (Fsp3) is 0.286. The third-order valence-electron chi connectivity index (χ3n) is 4.24. The lowest BCUT2D eigenvalue weighted by Gasteiger charge is -2.21. The fourth-order valence-electron chi connectivity index (χ4n) is 2.73. The van der Waals surface area contributed by atoms with Crippen LogP contribution in [0.5, 0.6) is 11.5 Å². The molecule has 0 spiro atoms. The standard InChI is InChI=1S/C21H23N3O6/c1-13(2)19(24-21(27)23-14-6-4-3-5-7-14)20(26)28-11-18(25)22-15-8-9-16-17(10-15)30-12-29-16/h3-10,13,19H,11-12H2,1-2H3,(H,22,25)(H2,23,24,27)/t19-/m0/s1. The minimum atomic E-state index is -0.910. The van der Waals surface area contributed by atoms with Gasteiger partial charge in [0.15, 0.2) is 18.1 Å². The highest BCUT2D eigenvalue weighted by atomic mass is 16.7. The first kappa shape index (κ1) is 21.0. The van der Waals surface area contributed by atoms with Crippen molar-refractivity contribution in [3.63, 3.8) is 0 Å². The lowest BCUT2D eigenvalue weighted by molar-refractivity contribution is -0.150. The van der Waals surface area contributed by atoms with Crippen LogP contribution in [-0.4, -0.2) is 37.3 Å². The summed E-state index contributed by atoms with van der Waals surface area (Å²) in [6.45, 7) is 3.17. The Labute approximate surface area is 173 Å². The molecule has 3 amide bonds. The van der Waals surface area contributed by atoms with Gasteiger partial charge in [0.2, 0.25) is 6.79 Å². The van der Waals surface area contributed by atoms with Gasteiger partial charge >= 0.3 is 12.0 Å². The van der Waals surface area contributed by atoms with Crippen molar-refractivity contribution >= 4 is 29.3 Å². The van der Waals surface area contributed by atoms with Crippen LogP contribution in [0.25, 0.3) is 0 Å². The van der Waals surface area contributed by atoms with Crippen LogP contribution in [0.2, 0.25) is 0 Å². The van der Waals surface area contributed by atoms with Gasteiger partial charge in [-0.25, -0.2) is 9.59 Å². The zero-order valence-corrected chi connectivity index (χ0v) is 16.6. The number of rotatable bonds is 7. The highest BCUT2D eigenvalue weighted by Gasteiger charge is 2.26. The predicted molar refractivity (Wildman–Crippen MR) is 109 cm³/mol. The maximum Gasteiger partial charge on any atom is 0.329 e. The Bertz CT molecular complexity index is 916. The Morgan fingerprint density at radius 3 is 2.43 bits per heavy atom. The summed E-state index contributed by atoms with van der Waals surface area (Å²) in [6, 6.07) is 12.3. The molecule has 0 radical (unpaired) electrons. The van der Waals surface area contributed by atoms with E-state index in [0.29, 0.717) is 22.9 Å². The molecule has 0 aliphatic carbocycles. The Hall–Kier alpha value is -3.75. The van der Waals surface area contributed by atoms with Crippen molar-refractivity contribution in [2.75, 3.05) is 24.0 Å². The molecule has 0 unspecified atom stereocenters. The topological polar surface area (TPSA) is 115 Å². The number of urea groups is 1. The van der Waals surface area contributed by atoms with Crippen LogP contribution in [0, 0.1) is 5.92 Å². The summed E-state index contributed by atoms with van der Waals surface area (Å²) in [6.07, 6.45) is 0. The molecule has 1 aliphatic heterocycles. The molecule has 2 aromatic carbocycles. The molecule has 158 valence electrons. The molecule has 1 heterocycles. The van der Waals surface area contributed by atoms with Crippen molar-refractivity contribution < 1.29 is 28.6 Å². The maximum absolute atomic E-state index is 12.4. The molecule has 9 nitrogen and oxygen atoms in total. The monoisotopic (exact) mass is 413 g/mol. The van der Waals surface area contributed by atoms with Gasteiger partial charge in [0.05, 0.1) is 0 Å². The molecule has 0 aromatic heterocycles. The third kappa shape index (κ3) is 5.63. The van der Waals surface area contributed by atoms with E-state index < -0.39 is 30.6 Å². The Morgan fingerprint density at radius 1 is 0.967 bits per heavy atom. The van der Waals surface area contributed by atoms with E-state index in [1.54, 1.807) is 56.3 Å². The van der Waals surface area contributed by atoms with E-state index in [-0.39, 0.29) is 12.7 Å². The molecular weight excluding hydrogens is 390 g/mol. The normalized spacial score (nSPS) is 12.8. The maximum atomic E-state index is 12.4. The van der Waals surface area contributed by atoms with Crippen molar-refractivity contribution in [3.8, 4) is 11.5 Å². The second-order valence-corrected chi connectivity index (χ2v) is 6.91. The molecule has 3 N–H and O–H groups in total. The molecule has 2 aromatic rings. The van der Waals surface area contributed by atoms with Gasteiger partial charge in [0.25, 0.3) is 5.91 Å². The number of nitrogens with one attached hydrogen (secondary N) is 3. The van der Waals surface area contributed by atoms with Crippen molar-refractivity contribution in [1.82, 2.24) is 5.32 Å². The summed E-state index contributed by atoms with van der Waals surface area (Å²) in [4.78, 5) is 36.7. The number of carbonyl (C=O) groups is 3. The molecule has 0 bridgehead atoms. The van der Waals surface area contributed by atoms with Crippen LogP contribution < -0.4 is 25.4 Å². The first-order valence-electron chi connectivity index (χ1n) is 9.41. The summed E-state index contributed by atoms with van der Waals surface area (Å²) < 4.78 is 15.6. The molecule has 30 heavy (non-hydrogen) atoms. The first-order valence-corrected chi connectivity index (χ1v) is 9.41. The van der Waals surface area contributed by atoms with Crippen LogP contribution in [0.4, 0.5) is 16.2 Å². The summed E-state index contributed by atoms with van der Waals surface area (Å²) in [5.41, 5.74) is 1.08. The quantitative estimate of drug-likeness (QED) is 0.601. The van der Waals surface area contributed by atoms with E-state index in [0.717, 1.165) is 0 Å². The van der Waals surface area contributed by atoms with E-state index in [9.17, 15) is 14.4 Å². The van der Waals surface area contributed by atoms with Gasteiger partial charge in [0.1, 0.15) is 6.04 Å². The highest BCUT2D eigenvalue weighted by molar-refractivity contribution is 5.95. The van der Waals surface area contributed by atoms with Crippen LogP contribution in [0.15, 0.2) is 48.5 Å². The number of carbonyl (C=O) groups excluding carboxylic acids is 3. The van der Waals surface area contributed by atoms with E-state index in [2.05, 4.69) is 16.0 Å². The number of ether oxygens (including phenoxy) is 3. The lowest BCUT2D eigenvalue weighted by atomic mass is 10.1. The summed E-state index contributed by atoms with van der Waals surface area (Å²) in [7, 11) is 0. The number of para-hydroxylation sites is 1. The third-order valence-corrected chi connectivity index (χ3v) is 4.24.